The number of amides is 2. The van der Waals surface area contributed by atoms with Gasteiger partial charge in [-0.15, -0.1) is 0 Å². The first-order valence-corrected chi connectivity index (χ1v) is 8.29. The molecule has 0 aliphatic heterocycles. The molecule has 6 nitrogen and oxygen atoms in total. The van der Waals surface area contributed by atoms with Gasteiger partial charge in [0.05, 0.1) is 12.6 Å². The summed E-state index contributed by atoms with van der Waals surface area (Å²) in [6.07, 6.45) is 8.65. The number of carbonyl (C=O) groups excluding carboxylic acids is 1. The number of hydrogen-bond acceptors (Lipinski definition) is 4. The number of rotatable bonds is 4. The molecule has 1 fully saturated rings. The van der Waals surface area contributed by atoms with Crippen LogP contribution in [0.15, 0.2) is 4.52 Å². The molecule has 2 aliphatic carbocycles. The Bertz CT molecular complexity index is 507. The molecule has 0 aromatic carbocycles. The highest BCUT2D eigenvalue weighted by atomic mass is 16.5. The fourth-order valence-electron chi connectivity index (χ4n) is 3.43. The number of carbonyl (C=O) groups is 1. The minimum Gasteiger partial charge on any atom is -0.381 e. The Kier molecular flexibility index (Phi) is 4.97. The lowest BCUT2D eigenvalue weighted by molar-refractivity contribution is 0.0635. The Morgan fingerprint density at radius 2 is 2.05 bits per heavy atom. The van der Waals surface area contributed by atoms with E-state index in [-0.39, 0.29) is 12.1 Å². The summed E-state index contributed by atoms with van der Waals surface area (Å²) in [5.41, 5.74) is 2.08. The number of urea groups is 1. The van der Waals surface area contributed by atoms with Crippen LogP contribution in [-0.4, -0.2) is 30.4 Å². The van der Waals surface area contributed by atoms with E-state index in [9.17, 15) is 4.79 Å². The van der Waals surface area contributed by atoms with Crippen LogP contribution in [0.1, 0.15) is 55.5 Å². The number of aryl methyl sites for hydroxylation is 1. The predicted molar refractivity (Wildman–Crippen MR) is 81.6 cm³/mol. The molecule has 1 saturated carbocycles. The maximum absolute atomic E-state index is 12.0. The number of nitrogens with one attached hydrogen (secondary N) is 2. The highest BCUT2D eigenvalue weighted by Gasteiger charge is 2.23. The standard InChI is InChI=1S/C16H25N3O3/c1-21-12-8-6-11(7-9-12)18-16(20)17-10-14-13-4-2-3-5-15(13)22-19-14/h11-12H,2-10H2,1H3,(H2,17,18,20). The second-order valence-corrected chi connectivity index (χ2v) is 6.27. The first-order chi connectivity index (χ1) is 10.8. The zero-order valence-corrected chi connectivity index (χ0v) is 13.2. The molecule has 0 bridgehead atoms. The molecule has 1 heterocycles. The summed E-state index contributed by atoms with van der Waals surface area (Å²) < 4.78 is 10.7. The summed E-state index contributed by atoms with van der Waals surface area (Å²) in [7, 11) is 1.75. The highest BCUT2D eigenvalue weighted by Crippen LogP contribution is 2.24. The van der Waals surface area contributed by atoms with Crippen molar-refractivity contribution >= 4 is 6.03 Å². The van der Waals surface area contributed by atoms with Crippen molar-refractivity contribution in [1.29, 1.82) is 0 Å². The SMILES string of the molecule is COC1CCC(NC(=O)NCc2noc3c2CCCC3)CC1. The number of fused-ring (bicyclic) bond motifs is 1. The first-order valence-electron chi connectivity index (χ1n) is 8.29. The maximum Gasteiger partial charge on any atom is 0.315 e. The summed E-state index contributed by atoms with van der Waals surface area (Å²) >= 11 is 0. The van der Waals surface area contributed by atoms with Crippen LogP contribution in [0.5, 0.6) is 0 Å². The Labute approximate surface area is 131 Å². The molecule has 2 aliphatic rings. The molecule has 2 N–H and O–H groups in total. The molecule has 0 atom stereocenters. The predicted octanol–water partition coefficient (Wildman–Crippen LogP) is 2.31. The van der Waals surface area contributed by atoms with E-state index in [4.69, 9.17) is 9.26 Å². The lowest BCUT2D eigenvalue weighted by Crippen LogP contribution is -2.44. The Morgan fingerprint density at radius 3 is 2.82 bits per heavy atom. The molecule has 1 aromatic heterocycles. The molecule has 0 spiro atoms. The minimum absolute atomic E-state index is 0.117. The summed E-state index contributed by atoms with van der Waals surface area (Å²) in [6, 6.07) is 0.131. The van der Waals surface area contributed by atoms with E-state index in [0.717, 1.165) is 50.0 Å². The number of nitrogens with zero attached hydrogens (tertiary/aromatic N) is 1. The third kappa shape index (κ3) is 3.61. The molecule has 6 heteroatoms. The summed E-state index contributed by atoms with van der Waals surface area (Å²) in [6.45, 7) is 0.443. The van der Waals surface area contributed by atoms with Gasteiger partial charge < -0.3 is 19.9 Å². The van der Waals surface area contributed by atoms with Gasteiger partial charge in [0.15, 0.2) is 0 Å². The van der Waals surface area contributed by atoms with Gasteiger partial charge in [0.2, 0.25) is 0 Å². The zero-order valence-electron chi connectivity index (χ0n) is 13.2. The summed E-state index contributed by atoms with van der Waals surface area (Å²) in [4.78, 5) is 12.0. The largest absolute Gasteiger partial charge is 0.381 e. The average Bonchev–Trinajstić information content (AvgIpc) is 2.97. The fourth-order valence-corrected chi connectivity index (χ4v) is 3.43. The molecule has 3 rings (SSSR count). The Morgan fingerprint density at radius 1 is 1.27 bits per heavy atom. The van der Waals surface area contributed by atoms with Gasteiger partial charge in [0, 0.05) is 25.1 Å². The second-order valence-electron chi connectivity index (χ2n) is 6.27. The Hall–Kier alpha value is -1.56. The van der Waals surface area contributed by atoms with Crippen LogP contribution in [0.2, 0.25) is 0 Å². The van der Waals surface area contributed by atoms with Gasteiger partial charge in [-0.1, -0.05) is 5.16 Å². The molecule has 122 valence electrons. The van der Waals surface area contributed by atoms with Gasteiger partial charge in [-0.25, -0.2) is 4.79 Å². The lowest BCUT2D eigenvalue weighted by Gasteiger charge is -2.28. The van der Waals surface area contributed by atoms with Crippen LogP contribution < -0.4 is 10.6 Å². The molecule has 0 saturated heterocycles. The van der Waals surface area contributed by atoms with Crippen molar-refractivity contribution in [3.8, 4) is 0 Å². The van der Waals surface area contributed by atoms with Crippen molar-refractivity contribution in [3.05, 3.63) is 17.0 Å². The lowest BCUT2D eigenvalue weighted by atomic mass is 9.93. The van der Waals surface area contributed by atoms with Crippen LogP contribution >= 0.6 is 0 Å². The van der Waals surface area contributed by atoms with Gasteiger partial charge in [0.1, 0.15) is 11.5 Å². The van der Waals surface area contributed by atoms with E-state index >= 15 is 0 Å². The van der Waals surface area contributed by atoms with Crippen molar-refractivity contribution in [2.45, 2.75) is 70.1 Å². The van der Waals surface area contributed by atoms with Crippen LogP contribution in [0.4, 0.5) is 4.79 Å². The molecular weight excluding hydrogens is 282 g/mol. The smallest absolute Gasteiger partial charge is 0.315 e. The van der Waals surface area contributed by atoms with Crippen molar-refractivity contribution in [3.63, 3.8) is 0 Å². The third-order valence-electron chi connectivity index (χ3n) is 4.79. The van der Waals surface area contributed by atoms with E-state index in [1.165, 1.54) is 18.4 Å². The second kappa shape index (κ2) is 7.13. The number of aromatic nitrogens is 1. The van der Waals surface area contributed by atoms with Crippen LogP contribution in [0.3, 0.4) is 0 Å². The highest BCUT2D eigenvalue weighted by molar-refractivity contribution is 5.74. The van der Waals surface area contributed by atoms with Crippen molar-refractivity contribution in [2.75, 3.05) is 7.11 Å². The maximum atomic E-state index is 12.0. The molecule has 0 radical (unpaired) electrons. The van der Waals surface area contributed by atoms with Crippen molar-refractivity contribution in [2.24, 2.45) is 0 Å². The minimum atomic E-state index is -0.117. The Balaban J connectivity index is 1.44. The van der Waals surface area contributed by atoms with Gasteiger partial charge in [-0.2, -0.15) is 0 Å². The topological polar surface area (TPSA) is 76.4 Å². The quantitative estimate of drug-likeness (QED) is 0.895. The third-order valence-corrected chi connectivity index (χ3v) is 4.79. The van der Waals surface area contributed by atoms with Gasteiger partial charge in [0.25, 0.3) is 0 Å². The van der Waals surface area contributed by atoms with E-state index in [2.05, 4.69) is 15.8 Å². The average molecular weight is 307 g/mol. The summed E-state index contributed by atoms with van der Waals surface area (Å²) in [5.74, 6) is 1.00. The first kappa shape index (κ1) is 15.3. The van der Waals surface area contributed by atoms with Gasteiger partial charge in [-0.3, -0.25) is 0 Å². The molecule has 1 aromatic rings. The molecule has 22 heavy (non-hydrogen) atoms. The van der Waals surface area contributed by atoms with E-state index in [0.29, 0.717) is 12.6 Å². The molecule has 0 unspecified atom stereocenters. The molecular formula is C16H25N3O3. The van der Waals surface area contributed by atoms with Crippen molar-refractivity contribution < 1.29 is 14.1 Å². The van der Waals surface area contributed by atoms with E-state index in [1.54, 1.807) is 7.11 Å². The number of hydrogen-bond donors (Lipinski definition) is 2. The van der Waals surface area contributed by atoms with Gasteiger partial charge in [-0.05, 0) is 44.9 Å². The zero-order chi connectivity index (χ0) is 15.4. The monoisotopic (exact) mass is 307 g/mol. The van der Waals surface area contributed by atoms with E-state index < -0.39 is 0 Å². The van der Waals surface area contributed by atoms with Crippen LogP contribution in [0, 0.1) is 0 Å². The number of ether oxygens (including phenoxy) is 1. The van der Waals surface area contributed by atoms with E-state index in [1.807, 2.05) is 0 Å². The van der Waals surface area contributed by atoms with Crippen LogP contribution in [-0.2, 0) is 24.1 Å². The normalized spacial score (nSPS) is 24.6. The van der Waals surface area contributed by atoms with Crippen LogP contribution in [0.25, 0.3) is 0 Å². The summed E-state index contributed by atoms with van der Waals surface area (Å²) in [5, 5.41) is 10.0. The number of methoxy groups -OCH3 is 1. The van der Waals surface area contributed by atoms with Gasteiger partial charge >= 0.3 is 6.03 Å². The van der Waals surface area contributed by atoms with Crippen molar-refractivity contribution in [1.82, 2.24) is 15.8 Å². The fraction of sp³-hybridized carbons (Fsp3) is 0.750. The molecule has 2 amide bonds.